The summed E-state index contributed by atoms with van der Waals surface area (Å²) >= 11 is 5.55. The van der Waals surface area contributed by atoms with Gasteiger partial charge in [-0.25, -0.2) is 13.6 Å². The van der Waals surface area contributed by atoms with E-state index in [4.69, 9.17) is 21.1 Å². The molecule has 0 N–H and O–H groups in total. The van der Waals surface area contributed by atoms with Gasteiger partial charge >= 0.3 is 11.9 Å². The summed E-state index contributed by atoms with van der Waals surface area (Å²) in [6.07, 6.45) is -2.76. The summed E-state index contributed by atoms with van der Waals surface area (Å²) < 4.78 is 80.1. The van der Waals surface area contributed by atoms with E-state index >= 15 is 0 Å². The minimum absolute atomic E-state index is 0.0161. The zero-order valence-electron chi connectivity index (χ0n) is 18.5. The van der Waals surface area contributed by atoms with Crippen molar-refractivity contribution < 1.29 is 31.4 Å². The van der Waals surface area contributed by atoms with E-state index in [9.17, 15) is 26.7 Å². The Labute approximate surface area is 201 Å². The highest BCUT2D eigenvalue weighted by atomic mass is 35.5. The van der Waals surface area contributed by atoms with Crippen molar-refractivity contribution in [2.75, 3.05) is 11.9 Å². The van der Waals surface area contributed by atoms with E-state index in [1.807, 2.05) is 11.9 Å². The van der Waals surface area contributed by atoms with Crippen LogP contribution in [0.3, 0.4) is 0 Å². The lowest BCUT2D eigenvalue weighted by molar-refractivity contribution is -0.137. The molecule has 1 heterocycles. The van der Waals surface area contributed by atoms with Gasteiger partial charge in [0, 0.05) is 26.2 Å². The van der Waals surface area contributed by atoms with E-state index in [1.54, 1.807) is 13.1 Å². The third-order valence-electron chi connectivity index (χ3n) is 5.45. The predicted molar refractivity (Wildman–Crippen MR) is 118 cm³/mol. The van der Waals surface area contributed by atoms with Gasteiger partial charge in [-0.15, -0.1) is 0 Å². The van der Waals surface area contributed by atoms with Crippen LogP contribution in [0.25, 0.3) is 0 Å². The largest absolute Gasteiger partial charge is 0.473 e. The summed E-state index contributed by atoms with van der Waals surface area (Å²) in [4.78, 5) is 17.9. The van der Waals surface area contributed by atoms with E-state index < -0.39 is 45.6 Å². The molecule has 0 spiro atoms. The number of ether oxygens (including phenoxy) is 2. The Morgan fingerprint density at radius 1 is 1.14 bits per heavy atom. The third-order valence-corrected chi connectivity index (χ3v) is 5.78. The molecule has 35 heavy (non-hydrogen) atoms. The second-order valence-corrected chi connectivity index (χ2v) is 8.46. The average Bonchev–Trinajstić information content (AvgIpc) is 3.62. The van der Waals surface area contributed by atoms with Crippen LogP contribution in [0.5, 0.6) is 17.4 Å². The fourth-order valence-corrected chi connectivity index (χ4v) is 3.65. The number of nitrogens with zero attached hydrogens (tertiary/aromatic N) is 3. The van der Waals surface area contributed by atoms with E-state index in [1.165, 1.54) is 4.57 Å². The normalized spacial score (nSPS) is 13.6. The second kappa shape index (κ2) is 9.37. The molecule has 0 bridgehead atoms. The summed E-state index contributed by atoms with van der Waals surface area (Å²) in [5, 5.41) is -0.575. The molecule has 186 valence electrons. The van der Waals surface area contributed by atoms with Crippen molar-refractivity contribution in [3.63, 3.8) is 0 Å². The zero-order valence-corrected chi connectivity index (χ0v) is 19.3. The Hall–Kier alpha value is -3.34. The van der Waals surface area contributed by atoms with E-state index in [0.717, 1.165) is 37.1 Å². The number of alkyl halides is 3. The van der Waals surface area contributed by atoms with Crippen LogP contribution in [0.4, 0.5) is 27.8 Å². The summed E-state index contributed by atoms with van der Waals surface area (Å²) in [6.45, 7) is -0.319. The number of halogens is 6. The van der Waals surface area contributed by atoms with Crippen LogP contribution in [0.15, 0.2) is 41.2 Å². The molecule has 0 unspecified atom stereocenters. The molecule has 12 heteroatoms. The average molecular weight is 516 g/mol. The highest BCUT2D eigenvalue weighted by Gasteiger charge is 2.34. The van der Waals surface area contributed by atoms with Gasteiger partial charge < -0.3 is 14.4 Å². The predicted octanol–water partition coefficient (Wildman–Crippen LogP) is 5.70. The monoisotopic (exact) mass is 515 g/mol. The van der Waals surface area contributed by atoms with Gasteiger partial charge in [0.2, 0.25) is 5.88 Å². The molecule has 2 aromatic carbocycles. The quantitative estimate of drug-likeness (QED) is 0.378. The summed E-state index contributed by atoms with van der Waals surface area (Å²) in [5.41, 5.74) is -1.69. The fourth-order valence-electron chi connectivity index (χ4n) is 3.42. The smallest absolute Gasteiger partial charge is 0.417 e. The van der Waals surface area contributed by atoms with Gasteiger partial charge in [-0.05, 0) is 48.7 Å². The number of aromatic nitrogens is 2. The Morgan fingerprint density at radius 3 is 2.40 bits per heavy atom. The van der Waals surface area contributed by atoms with Crippen molar-refractivity contribution in [1.82, 2.24) is 9.55 Å². The maximum atomic E-state index is 14.6. The Kier molecular flexibility index (Phi) is 6.63. The van der Waals surface area contributed by atoms with Crippen molar-refractivity contribution in [2.45, 2.75) is 31.7 Å². The zero-order chi connectivity index (χ0) is 25.5. The Bertz CT molecular complexity index is 1300. The van der Waals surface area contributed by atoms with Gasteiger partial charge in [0.1, 0.15) is 18.2 Å². The molecule has 0 radical (unpaired) electrons. The number of anilines is 1. The van der Waals surface area contributed by atoms with E-state index in [0.29, 0.717) is 17.9 Å². The molecule has 4 rings (SSSR count). The van der Waals surface area contributed by atoms with Gasteiger partial charge in [0.15, 0.2) is 17.4 Å². The Balaban J connectivity index is 1.52. The van der Waals surface area contributed by atoms with Crippen molar-refractivity contribution in [2.24, 2.45) is 7.05 Å². The minimum atomic E-state index is -4.77. The highest BCUT2D eigenvalue weighted by Crippen LogP contribution is 2.38. The van der Waals surface area contributed by atoms with Crippen molar-refractivity contribution in [3.05, 3.63) is 74.7 Å². The van der Waals surface area contributed by atoms with Crippen LogP contribution in [-0.4, -0.2) is 22.6 Å². The third kappa shape index (κ3) is 5.50. The van der Waals surface area contributed by atoms with Crippen molar-refractivity contribution in [3.8, 4) is 17.4 Å². The molecule has 1 aliphatic rings. The minimum Gasteiger partial charge on any atom is -0.473 e. The first-order chi connectivity index (χ1) is 16.4. The van der Waals surface area contributed by atoms with Crippen LogP contribution in [0.1, 0.15) is 24.0 Å². The molecule has 1 fully saturated rings. The summed E-state index contributed by atoms with van der Waals surface area (Å²) in [7, 11) is 3.42. The van der Waals surface area contributed by atoms with Crippen LogP contribution in [0, 0.1) is 11.6 Å². The van der Waals surface area contributed by atoms with Gasteiger partial charge in [0.05, 0.1) is 10.6 Å². The fraction of sp³-hybridized carbons (Fsp3) is 0.304. The molecule has 3 aromatic rings. The van der Waals surface area contributed by atoms with Crippen LogP contribution in [0.2, 0.25) is 5.02 Å². The van der Waals surface area contributed by atoms with E-state index in [2.05, 4.69) is 4.98 Å². The summed E-state index contributed by atoms with van der Waals surface area (Å²) in [5.74, 6) is -3.07. The molecule has 0 saturated heterocycles. The molecule has 0 aliphatic heterocycles. The number of hydrogen-bond acceptors (Lipinski definition) is 5. The highest BCUT2D eigenvalue weighted by molar-refractivity contribution is 6.31. The second-order valence-electron chi connectivity index (χ2n) is 8.05. The van der Waals surface area contributed by atoms with Crippen LogP contribution < -0.4 is 20.1 Å². The number of hydrogen-bond donors (Lipinski definition) is 0. The lowest BCUT2D eigenvalue weighted by Gasteiger charge is -2.21. The van der Waals surface area contributed by atoms with Gasteiger partial charge in [-0.3, -0.25) is 4.57 Å². The summed E-state index contributed by atoms with van der Waals surface area (Å²) in [6, 6.07) is 6.24. The maximum Gasteiger partial charge on any atom is 0.417 e. The SMILES string of the molecule is CN(c1cc(OCc2cc(F)c(Oc3ccc(Cl)c(C(F)(F)F)c3)c(F)c2)nc(=O)n1C)C1CC1. The first-order valence-electron chi connectivity index (χ1n) is 10.4. The molecular weight excluding hydrogens is 497 g/mol. The Morgan fingerprint density at radius 2 is 1.80 bits per heavy atom. The van der Waals surface area contributed by atoms with Gasteiger partial charge in [-0.1, -0.05) is 11.6 Å². The lowest BCUT2D eigenvalue weighted by atomic mass is 10.2. The number of benzene rings is 2. The van der Waals surface area contributed by atoms with Gasteiger partial charge in [-0.2, -0.15) is 18.2 Å². The molecular formula is C23H19ClF5N3O3. The van der Waals surface area contributed by atoms with Crippen molar-refractivity contribution >= 4 is 17.4 Å². The molecule has 1 aromatic heterocycles. The van der Waals surface area contributed by atoms with Gasteiger partial charge in [0.25, 0.3) is 0 Å². The van der Waals surface area contributed by atoms with Crippen LogP contribution >= 0.6 is 11.6 Å². The van der Waals surface area contributed by atoms with Crippen molar-refractivity contribution in [1.29, 1.82) is 0 Å². The molecule has 6 nitrogen and oxygen atoms in total. The molecule has 0 atom stereocenters. The van der Waals surface area contributed by atoms with Crippen LogP contribution in [-0.2, 0) is 19.8 Å². The first-order valence-corrected chi connectivity index (χ1v) is 10.8. The molecule has 1 aliphatic carbocycles. The molecule has 0 amide bonds. The topological polar surface area (TPSA) is 56.6 Å². The standard InChI is InChI=1S/C23H19ClF5N3O3/c1-31(13-3-4-13)20-10-19(30-22(33)32(20)2)34-11-12-7-17(25)21(18(26)8-12)35-14-5-6-16(24)15(9-14)23(27,28)29/h5-10,13H,3-4,11H2,1-2H3. The molecule has 1 saturated carbocycles. The number of rotatable bonds is 7. The first kappa shape index (κ1) is 24.8. The lowest BCUT2D eigenvalue weighted by Crippen LogP contribution is -2.30. The van der Waals surface area contributed by atoms with E-state index in [-0.39, 0.29) is 18.1 Å². The maximum absolute atomic E-state index is 14.6.